The van der Waals surface area contributed by atoms with Gasteiger partial charge in [0.05, 0.1) is 17.7 Å². The third-order valence-electron chi connectivity index (χ3n) is 4.19. The summed E-state index contributed by atoms with van der Waals surface area (Å²) >= 11 is 0. The van der Waals surface area contributed by atoms with Crippen LogP contribution in [0.4, 0.5) is 10.2 Å². The van der Waals surface area contributed by atoms with E-state index in [9.17, 15) is 9.18 Å². The van der Waals surface area contributed by atoms with Gasteiger partial charge in [0.15, 0.2) is 5.82 Å². The van der Waals surface area contributed by atoms with Crippen LogP contribution in [-0.2, 0) is 11.2 Å². The minimum absolute atomic E-state index is 0.134. The summed E-state index contributed by atoms with van der Waals surface area (Å²) in [5, 5.41) is 10.1. The number of benzene rings is 1. The van der Waals surface area contributed by atoms with E-state index in [0.29, 0.717) is 22.8 Å². The van der Waals surface area contributed by atoms with Crippen molar-refractivity contribution in [3.8, 4) is 22.4 Å². The van der Waals surface area contributed by atoms with Crippen LogP contribution in [0.5, 0.6) is 0 Å². The van der Waals surface area contributed by atoms with Gasteiger partial charge in [-0.25, -0.2) is 4.39 Å². The predicted octanol–water partition coefficient (Wildman–Crippen LogP) is 3.85. The summed E-state index contributed by atoms with van der Waals surface area (Å²) in [4.78, 5) is 20.7. The molecular weight excluding hydrogens is 357 g/mol. The Balaban J connectivity index is 1.69. The molecule has 0 spiro atoms. The second-order valence-electron chi connectivity index (χ2n) is 6.11. The molecule has 0 aliphatic carbocycles. The molecule has 0 unspecified atom stereocenters. The van der Waals surface area contributed by atoms with Crippen LogP contribution in [0.1, 0.15) is 5.69 Å². The number of nitrogens with one attached hydrogen (secondary N) is 2. The number of carbonyl (C=O) groups is 1. The minimum Gasteiger partial charge on any atom is -0.308 e. The fourth-order valence-electron chi connectivity index (χ4n) is 2.90. The highest BCUT2D eigenvalue weighted by Gasteiger charge is 2.19. The van der Waals surface area contributed by atoms with E-state index in [4.69, 9.17) is 0 Å². The molecule has 2 N–H and O–H groups in total. The zero-order valence-corrected chi connectivity index (χ0v) is 14.8. The summed E-state index contributed by atoms with van der Waals surface area (Å²) in [6.45, 7) is 0. The van der Waals surface area contributed by atoms with Crippen LogP contribution in [0.25, 0.3) is 22.4 Å². The lowest BCUT2D eigenvalue weighted by Gasteiger charge is -2.08. The van der Waals surface area contributed by atoms with Gasteiger partial charge in [-0.1, -0.05) is 6.07 Å². The zero-order valence-electron chi connectivity index (χ0n) is 14.8. The Morgan fingerprint density at radius 1 is 0.964 bits per heavy atom. The molecule has 0 atom stereocenters. The number of rotatable bonds is 5. The van der Waals surface area contributed by atoms with Crippen LogP contribution in [-0.4, -0.2) is 26.1 Å². The summed E-state index contributed by atoms with van der Waals surface area (Å²) in [5.74, 6) is -0.157. The van der Waals surface area contributed by atoms with E-state index in [1.54, 1.807) is 42.9 Å². The number of H-pyrrole nitrogens is 1. The smallest absolute Gasteiger partial charge is 0.231 e. The number of aromatic amines is 1. The number of amides is 1. The Hall–Kier alpha value is -3.87. The second-order valence-corrected chi connectivity index (χ2v) is 6.11. The average molecular weight is 373 g/mol. The summed E-state index contributed by atoms with van der Waals surface area (Å²) in [7, 11) is 0. The lowest BCUT2D eigenvalue weighted by molar-refractivity contribution is -0.115. The highest BCUT2D eigenvalue weighted by molar-refractivity contribution is 5.98. The molecule has 3 aromatic heterocycles. The van der Waals surface area contributed by atoms with E-state index in [-0.39, 0.29) is 18.1 Å². The number of aromatic nitrogens is 4. The molecule has 1 amide bonds. The topological polar surface area (TPSA) is 83.6 Å². The highest BCUT2D eigenvalue weighted by Crippen LogP contribution is 2.35. The number of halogens is 1. The zero-order chi connectivity index (χ0) is 19.3. The molecule has 1 aromatic carbocycles. The van der Waals surface area contributed by atoms with Crippen molar-refractivity contribution in [1.82, 2.24) is 20.2 Å². The van der Waals surface area contributed by atoms with E-state index in [2.05, 4.69) is 25.5 Å². The number of hydrogen-bond donors (Lipinski definition) is 2. The molecule has 3 heterocycles. The molecule has 4 aromatic rings. The fraction of sp³-hybridized carbons (Fsp3) is 0.0476. The van der Waals surface area contributed by atoms with Crippen molar-refractivity contribution in [2.75, 3.05) is 5.32 Å². The Kier molecular flexibility index (Phi) is 4.88. The van der Waals surface area contributed by atoms with Crippen LogP contribution >= 0.6 is 0 Å². The normalized spacial score (nSPS) is 10.6. The molecule has 0 bridgehead atoms. The maximum atomic E-state index is 13.3. The average Bonchev–Trinajstić information content (AvgIpc) is 3.13. The lowest BCUT2D eigenvalue weighted by atomic mass is 10.0. The van der Waals surface area contributed by atoms with Crippen molar-refractivity contribution in [3.05, 3.63) is 84.7 Å². The first-order chi connectivity index (χ1) is 13.7. The Labute approximate surface area is 160 Å². The van der Waals surface area contributed by atoms with Crippen LogP contribution < -0.4 is 5.32 Å². The van der Waals surface area contributed by atoms with E-state index >= 15 is 0 Å². The molecule has 0 radical (unpaired) electrons. The van der Waals surface area contributed by atoms with Crippen molar-refractivity contribution in [2.45, 2.75) is 6.42 Å². The number of pyridine rings is 2. The standard InChI is InChI=1S/C21H16FN5O/c22-16-6-4-15(5-7-16)20-19(14-8-11-23-12-9-14)21(27-26-20)25-18(28)13-17-3-1-2-10-24-17/h1-12H,13H2,(H2,25,26,27,28). The Morgan fingerprint density at radius 3 is 2.46 bits per heavy atom. The summed E-state index contributed by atoms with van der Waals surface area (Å²) in [5.41, 5.74) is 3.64. The van der Waals surface area contributed by atoms with Crippen LogP contribution in [0.3, 0.4) is 0 Å². The van der Waals surface area contributed by atoms with E-state index in [0.717, 1.165) is 11.1 Å². The van der Waals surface area contributed by atoms with Gasteiger partial charge in [0.1, 0.15) is 5.82 Å². The maximum Gasteiger partial charge on any atom is 0.231 e. The van der Waals surface area contributed by atoms with Gasteiger partial charge in [0.25, 0.3) is 0 Å². The van der Waals surface area contributed by atoms with Gasteiger partial charge in [-0.05, 0) is 54.1 Å². The molecule has 28 heavy (non-hydrogen) atoms. The summed E-state index contributed by atoms with van der Waals surface area (Å²) in [6.07, 6.45) is 5.11. The summed E-state index contributed by atoms with van der Waals surface area (Å²) < 4.78 is 13.3. The Morgan fingerprint density at radius 2 is 1.75 bits per heavy atom. The minimum atomic E-state index is -0.322. The molecule has 6 nitrogen and oxygen atoms in total. The van der Waals surface area contributed by atoms with Gasteiger partial charge in [-0.15, -0.1) is 0 Å². The molecule has 0 saturated heterocycles. The van der Waals surface area contributed by atoms with E-state index in [1.807, 2.05) is 18.2 Å². The van der Waals surface area contributed by atoms with E-state index in [1.165, 1.54) is 12.1 Å². The second kappa shape index (κ2) is 7.79. The van der Waals surface area contributed by atoms with Crippen molar-refractivity contribution < 1.29 is 9.18 Å². The van der Waals surface area contributed by atoms with E-state index < -0.39 is 0 Å². The fourth-order valence-corrected chi connectivity index (χ4v) is 2.90. The monoisotopic (exact) mass is 373 g/mol. The quantitative estimate of drug-likeness (QED) is 0.556. The molecule has 138 valence electrons. The van der Waals surface area contributed by atoms with Crippen LogP contribution in [0, 0.1) is 5.82 Å². The molecule has 4 rings (SSSR count). The van der Waals surface area contributed by atoms with Crippen molar-refractivity contribution >= 4 is 11.7 Å². The van der Waals surface area contributed by atoms with Crippen LogP contribution in [0.2, 0.25) is 0 Å². The third-order valence-corrected chi connectivity index (χ3v) is 4.19. The van der Waals surface area contributed by atoms with Crippen molar-refractivity contribution in [1.29, 1.82) is 0 Å². The first kappa shape index (κ1) is 17.5. The van der Waals surface area contributed by atoms with Gasteiger partial charge in [0, 0.05) is 29.8 Å². The van der Waals surface area contributed by atoms with Crippen LogP contribution in [0.15, 0.2) is 73.2 Å². The van der Waals surface area contributed by atoms with Gasteiger partial charge in [-0.3, -0.25) is 19.9 Å². The highest BCUT2D eigenvalue weighted by atomic mass is 19.1. The van der Waals surface area contributed by atoms with Gasteiger partial charge in [0.2, 0.25) is 5.91 Å². The molecular formula is C21H16FN5O. The molecule has 0 aliphatic heterocycles. The molecule has 0 aliphatic rings. The number of anilines is 1. The van der Waals surface area contributed by atoms with Gasteiger partial charge >= 0.3 is 0 Å². The predicted molar refractivity (Wildman–Crippen MR) is 104 cm³/mol. The van der Waals surface area contributed by atoms with Crippen molar-refractivity contribution in [2.24, 2.45) is 0 Å². The molecule has 7 heteroatoms. The number of carbonyl (C=O) groups excluding carboxylic acids is 1. The SMILES string of the molecule is O=C(Cc1ccccn1)Nc1n[nH]c(-c2ccc(F)cc2)c1-c1ccncc1. The largest absolute Gasteiger partial charge is 0.308 e. The molecule has 0 fully saturated rings. The van der Waals surface area contributed by atoms with Crippen molar-refractivity contribution in [3.63, 3.8) is 0 Å². The number of hydrogen-bond acceptors (Lipinski definition) is 4. The summed E-state index contributed by atoms with van der Waals surface area (Å²) in [6, 6.07) is 15.2. The Bertz CT molecular complexity index is 1080. The molecule has 0 saturated carbocycles. The van der Waals surface area contributed by atoms with Gasteiger partial charge < -0.3 is 5.32 Å². The number of nitrogens with zero attached hydrogens (tertiary/aromatic N) is 3. The third kappa shape index (κ3) is 3.78. The lowest BCUT2D eigenvalue weighted by Crippen LogP contribution is -2.15. The first-order valence-corrected chi connectivity index (χ1v) is 8.65. The van der Waals surface area contributed by atoms with Gasteiger partial charge in [-0.2, -0.15) is 5.10 Å². The first-order valence-electron chi connectivity index (χ1n) is 8.65. The maximum absolute atomic E-state index is 13.3.